The molecule has 8 heteroatoms. The number of benzene rings is 1. The summed E-state index contributed by atoms with van der Waals surface area (Å²) in [7, 11) is 0. The van der Waals surface area contributed by atoms with Gasteiger partial charge in [-0.25, -0.2) is 0 Å². The van der Waals surface area contributed by atoms with E-state index < -0.39 is 0 Å². The molecule has 0 spiro atoms. The summed E-state index contributed by atoms with van der Waals surface area (Å²) in [5.74, 6) is 0.915. The number of hydrogen-bond acceptors (Lipinski definition) is 6. The highest BCUT2D eigenvalue weighted by Gasteiger charge is 2.19. The molecule has 0 aliphatic heterocycles. The van der Waals surface area contributed by atoms with Crippen LogP contribution in [0.5, 0.6) is 0 Å². The van der Waals surface area contributed by atoms with E-state index in [1.165, 1.54) is 11.8 Å². The van der Waals surface area contributed by atoms with Crippen molar-refractivity contribution in [2.75, 3.05) is 43.8 Å². The van der Waals surface area contributed by atoms with E-state index in [0.29, 0.717) is 23.9 Å². The van der Waals surface area contributed by atoms with E-state index in [0.717, 1.165) is 24.5 Å². The lowest BCUT2D eigenvalue weighted by Crippen LogP contribution is -2.43. The van der Waals surface area contributed by atoms with Crippen molar-refractivity contribution in [2.45, 2.75) is 25.7 Å². The Kier molecular flexibility index (Phi) is 9.03. The minimum atomic E-state index is -0.286. The van der Waals surface area contributed by atoms with Crippen LogP contribution in [0.2, 0.25) is 0 Å². The quantitative estimate of drug-likeness (QED) is 0.580. The molecule has 0 aliphatic rings. The zero-order valence-corrected chi connectivity index (χ0v) is 17.5. The van der Waals surface area contributed by atoms with Crippen molar-refractivity contribution in [3.63, 3.8) is 0 Å². The van der Waals surface area contributed by atoms with Crippen molar-refractivity contribution in [1.82, 2.24) is 15.0 Å². The van der Waals surface area contributed by atoms with Crippen LogP contribution in [-0.4, -0.2) is 65.2 Å². The third-order valence-electron chi connectivity index (χ3n) is 4.27. The molecular formula is C20H28N4O3S. The number of likely N-dealkylation sites (N-methyl/N-ethyl adjacent to an activating group) is 1. The van der Waals surface area contributed by atoms with Crippen molar-refractivity contribution in [2.24, 2.45) is 0 Å². The Morgan fingerprint density at radius 2 is 1.86 bits per heavy atom. The van der Waals surface area contributed by atoms with Crippen LogP contribution in [0.25, 0.3) is 0 Å². The maximum atomic E-state index is 12.8. The summed E-state index contributed by atoms with van der Waals surface area (Å²) in [6.07, 6.45) is 0. The normalized spacial score (nSPS) is 10.9. The largest absolute Gasteiger partial charge is 0.360 e. The predicted molar refractivity (Wildman–Crippen MR) is 111 cm³/mol. The third kappa shape index (κ3) is 7.36. The Bertz CT molecular complexity index is 747. The summed E-state index contributed by atoms with van der Waals surface area (Å²) in [5, 5.41) is 6.44. The Morgan fingerprint density at radius 3 is 2.46 bits per heavy atom. The van der Waals surface area contributed by atoms with Gasteiger partial charge in [-0.3, -0.25) is 9.59 Å². The van der Waals surface area contributed by atoms with E-state index >= 15 is 0 Å². The maximum Gasteiger partial charge on any atom is 0.245 e. The van der Waals surface area contributed by atoms with Crippen molar-refractivity contribution < 1.29 is 14.1 Å². The van der Waals surface area contributed by atoms with E-state index in [1.807, 2.05) is 30.3 Å². The van der Waals surface area contributed by atoms with E-state index in [1.54, 1.807) is 17.9 Å². The first-order chi connectivity index (χ1) is 13.5. The van der Waals surface area contributed by atoms with Crippen LogP contribution in [0, 0.1) is 6.92 Å². The van der Waals surface area contributed by atoms with Gasteiger partial charge in [0, 0.05) is 24.1 Å². The molecule has 2 rings (SSSR count). The van der Waals surface area contributed by atoms with Crippen LogP contribution in [0.15, 0.2) is 45.8 Å². The number of nitrogens with zero attached hydrogens (tertiary/aromatic N) is 3. The summed E-state index contributed by atoms with van der Waals surface area (Å²) >= 11 is 1.47. The summed E-state index contributed by atoms with van der Waals surface area (Å²) in [6, 6.07) is 11.4. The van der Waals surface area contributed by atoms with Crippen LogP contribution in [0.1, 0.15) is 19.6 Å². The number of amides is 2. The monoisotopic (exact) mass is 404 g/mol. The zero-order valence-electron chi connectivity index (χ0n) is 16.7. The fourth-order valence-electron chi connectivity index (χ4n) is 2.63. The molecule has 2 amide bonds. The summed E-state index contributed by atoms with van der Waals surface area (Å²) in [6.45, 7) is 8.95. The van der Waals surface area contributed by atoms with Gasteiger partial charge in [-0.05, 0) is 32.1 Å². The van der Waals surface area contributed by atoms with Crippen molar-refractivity contribution >= 4 is 29.4 Å². The molecule has 152 valence electrons. The van der Waals surface area contributed by atoms with Gasteiger partial charge < -0.3 is 19.6 Å². The second kappa shape index (κ2) is 11.5. The summed E-state index contributed by atoms with van der Waals surface area (Å²) < 4.78 is 4.96. The van der Waals surface area contributed by atoms with Gasteiger partial charge in [0.1, 0.15) is 5.76 Å². The van der Waals surface area contributed by atoms with Gasteiger partial charge >= 0.3 is 0 Å². The van der Waals surface area contributed by atoms with Gasteiger partial charge in [0.15, 0.2) is 5.82 Å². The Labute approximate surface area is 170 Å². The minimum Gasteiger partial charge on any atom is -0.360 e. The molecule has 0 fully saturated rings. The molecule has 2 aromatic rings. The standard InChI is InChI=1S/C20H28N4O3S/c1-4-23(5-2)11-12-24(14-19(25)21-18-13-16(3)27-22-18)20(26)15-28-17-9-7-6-8-10-17/h6-10,13H,4-5,11-12,14-15H2,1-3H3,(H,21,22,25). The van der Waals surface area contributed by atoms with Gasteiger partial charge in [-0.1, -0.05) is 37.2 Å². The lowest BCUT2D eigenvalue weighted by molar-refractivity contribution is -0.132. The first kappa shape index (κ1) is 22.0. The Morgan fingerprint density at radius 1 is 1.14 bits per heavy atom. The topological polar surface area (TPSA) is 78.7 Å². The molecule has 1 heterocycles. The molecule has 1 aromatic carbocycles. The highest BCUT2D eigenvalue weighted by Crippen LogP contribution is 2.17. The van der Waals surface area contributed by atoms with Crippen LogP contribution in [-0.2, 0) is 9.59 Å². The molecule has 0 aliphatic carbocycles. The van der Waals surface area contributed by atoms with Gasteiger partial charge in [0.25, 0.3) is 0 Å². The van der Waals surface area contributed by atoms with Crippen molar-refractivity contribution in [3.05, 3.63) is 42.2 Å². The number of carbonyl (C=O) groups excluding carboxylic acids is 2. The van der Waals surface area contributed by atoms with E-state index in [2.05, 4.69) is 29.2 Å². The van der Waals surface area contributed by atoms with Gasteiger partial charge in [-0.15, -0.1) is 11.8 Å². The first-order valence-corrected chi connectivity index (χ1v) is 10.4. The average molecular weight is 405 g/mol. The van der Waals surface area contributed by atoms with Crippen LogP contribution < -0.4 is 5.32 Å². The number of carbonyl (C=O) groups is 2. The Hall–Kier alpha value is -2.32. The molecule has 1 aromatic heterocycles. The van der Waals surface area contributed by atoms with Gasteiger partial charge in [0.2, 0.25) is 11.8 Å². The predicted octanol–water partition coefficient (Wildman–Crippen LogP) is 2.88. The SMILES string of the molecule is CCN(CC)CCN(CC(=O)Nc1cc(C)on1)C(=O)CSc1ccccc1. The van der Waals surface area contributed by atoms with E-state index in [-0.39, 0.29) is 18.4 Å². The molecule has 0 saturated carbocycles. The lowest BCUT2D eigenvalue weighted by Gasteiger charge is -2.26. The van der Waals surface area contributed by atoms with Crippen molar-refractivity contribution in [3.8, 4) is 0 Å². The van der Waals surface area contributed by atoms with Crippen LogP contribution in [0.4, 0.5) is 5.82 Å². The number of rotatable bonds is 11. The second-order valence-corrected chi connectivity index (χ2v) is 7.36. The lowest BCUT2D eigenvalue weighted by atomic mass is 10.4. The summed E-state index contributed by atoms with van der Waals surface area (Å²) in [5.41, 5.74) is 0. The highest BCUT2D eigenvalue weighted by molar-refractivity contribution is 8.00. The minimum absolute atomic E-state index is 0.0125. The number of nitrogens with one attached hydrogen (secondary N) is 1. The number of thioether (sulfide) groups is 1. The molecule has 0 radical (unpaired) electrons. The molecule has 0 saturated heterocycles. The van der Waals surface area contributed by atoms with Gasteiger partial charge in [-0.2, -0.15) is 0 Å². The molecule has 0 atom stereocenters. The molecular weight excluding hydrogens is 376 g/mol. The Balaban J connectivity index is 1.96. The van der Waals surface area contributed by atoms with Crippen LogP contribution in [0.3, 0.4) is 0 Å². The number of hydrogen-bond donors (Lipinski definition) is 1. The first-order valence-electron chi connectivity index (χ1n) is 9.43. The molecule has 1 N–H and O–H groups in total. The second-order valence-electron chi connectivity index (χ2n) is 6.31. The van der Waals surface area contributed by atoms with Crippen LogP contribution >= 0.6 is 11.8 Å². The van der Waals surface area contributed by atoms with E-state index in [4.69, 9.17) is 4.52 Å². The smallest absolute Gasteiger partial charge is 0.245 e. The third-order valence-corrected chi connectivity index (χ3v) is 5.27. The molecule has 7 nitrogen and oxygen atoms in total. The van der Waals surface area contributed by atoms with Gasteiger partial charge in [0.05, 0.1) is 12.3 Å². The average Bonchev–Trinajstić information content (AvgIpc) is 3.11. The number of aryl methyl sites for hydroxylation is 1. The number of aromatic nitrogens is 1. The fraction of sp³-hybridized carbons (Fsp3) is 0.450. The number of anilines is 1. The molecule has 0 bridgehead atoms. The molecule has 28 heavy (non-hydrogen) atoms. The highest BCUT2D eigenvalue weighted by atomic mass is 32.2. The molecule has 0 unspecified atom stereocenters. The van der Waals surface area contributed by atoms with E-state index in [9.17, 15) is 9.59 Å². The summed E-state index contributed by atoms with van der Waals surface area (Å²) in [4.78, 5) is 30.0. The zero-order chi connectivity index (χ0) is 20.4. The van der Waals surface area contributed by atoms with Crippen molar-refractivity contribution in [1.29, 1.82) is 0 Å². The maximum absolute atomic E-state index is 12.8. The fourth-order valence-corrected chi connectivity index (χ4v) is 3.45.